The van der Waals surface area contributed by atoms with Crippen LogP contribution in [0.2, 0.25) is 0 Å². The van der Waals surface area contributed by atoms with Crippen molar-refractivity contribution in [3.63, 3.8) is 0 Å². The molecule has 1 saturated heterocycles. The topological polar surface area (TPSA) is 71.5 Å². The second kappa shape index (κ2) is 8.01. The van der Waals surface area contributed by atoms with Crippen LogP contribution in [0, 0.1) is 0 Å². The Balaban J connectivity index is 1.64. The van der Waals surface area contributed by atoms with Gasteiger partial charge in [-0.05, 0) is 36.8 Å². The SMILES string of the molecule is C=CC(=O)N[C@H]1CCN(C(=O)c2csc(-c3ccc(OC(F)(F)F)cc3)n2)C1. The summed E-state index contributed by atoms with van der Waals surface area (Å²) in [4.78, 5) is 29.9. The minimum absolute atomic E-state index is 0.131. The summed E-state index contributed by atoms with van der Waals surface area (Å²) in [5.74, 6) is -0.864. The van der Waals surface area contributed by atoms with Gasteiger partial charge in [0, 0.05) is 30.1 Å². The minimum Gasteiger partial charge on any atom is -0.406 e. The highest BCUT2D eigenvalue weighted by Gasteiger charge is 2.31. The van der Waals surface area contributed by atoms with Crippen molar-refractivity contribution >= 4 is 23.2 Å². The van der Waals surface area contributed by atoms with Crippen molar-refractivity contribution in [2.75, 3.05) is 13.1 Å². The smallest absolute Gasteiger partial charge is 0.406 e. The molecule has 3 rings (SSSR count). The zero-order valence-corrected chi connectivity index (χ0v) is 15.3. The zero-order valence-electron chi connectivity index (χ0n) is 14.5. The maximum absolute atomic E-state index is 12.6. The molecule has 0 spiro atoms. The second-order valence-corrected chi connectivity index (χ2v) is 6.92. The van der Waals surface area contributed by atoms with Crippen LogP contribution in [0.5, 0.6) is 5.75 Å². The van der Waals surface area contributed by atoms with E-state index >= 15 is 0 Å². The molecule has 2 amide bonds. The molecular weight excluding hydrogens is 395 g/mol. The number of hydrogen-bond donors (Lipinski definition) is 1. The maximum Gasteiger partial charge on any atom is 0.573 e. The fourth-order valence-electron chi connectivity index (χ4n) is 2.79. The van der Waals surface area contributed by atoms with E-state index in [1.165, 1.54) is 41.7 Å². The van der Waals surface area contributed by atoms with Crippen LogP contribution >= 0.6 is 11.3 Å². The van der Waals surface area contributed by atoms with Crippen LogP contribution in [-0.2, 0) is 4.79 Å². The van der Waals surface area contributed by atoms with Crippen LogP contribution in [-0.4, -0.2) is 47.2 Å². The number of aromatic nitrogens is 1. The van der Waals surface area contributed by atoms with Crippen molar-refractivity contribution < 1.29 is 27.5 Å². The lowest BCUT2D eigenvalue weighted by molar-refractivity contribution is -0.274. The van der Waals surface area contributed by atoms with Gasteiger partial charge in [-0.15, -0.1) is 24.5 Å². The Hall–Kier alpha value is -2.88. The van der Waals surface area contributed by atoms with Crippen molar-refractivity contribution in [2.45, 2.75) is 18.8 Å². The molecule has 6 nitrogen and oxygen atoms in total. The zero-order chi connectivity index (χ0) is 20.3. The first kappa shape index (κ1) is 19.9. The molecule has 1 N–H and O–H groups in total. The molecule has 1 atom stereocenters. The van der Waals surface area contributed by atoms with Gasteiger partial charge >= 0.3 is 6.36 Å². The fourth-order valence-corrected chi connectivity index (χ4v) is 3.59. The molecule has 1 aromatic carbocycles. The van der Waals surface area contributed by atoms with Crippen LogP contribution < -0.4 is 10.1 Å². The van der Waals surface area contributed by atoms with Gasteiger partial charge in [-0.25, -0.2) is 4.98 Å². The molecule has 1 aliphatic heterocycles. The molecule has 2 aromatic rings. The number of benzene rings is 1. The lowest BCUT2D eigenvalue weighted by Gasteiger charge is -2.15. The number of hydrogen-bond acceptors (Lipinski definition) is 5. The summed E-state index contributed by atoms with van der Waals surface area (Å²) in [7, 11) is 0. The predicted octanol–water partition coefficient (Wildman–Crippen LogP) is 3.23. The molecule has 1 fully saturated rings. The highest BCUT2D eigenvalue weighted by molar-refractivity contribution is 7.13. The van der Waals surface area contributed by atoms with Gasteiger partial charge in [-0.1, -0.05) is 6.58 Å². The van der Waals surface area contributed by atoms with E-state index in [0.29, 0.717) is 30.1 Å². The molecule has 0 aliphatic carbocycles. The van der Waals surface area contributed by atoms with E-state index in [1.54, 1.807) is 10.3 Å². The van der Waals surface area contributed by atoms with Gasteiger partial charge in [0.2, 0.25) is 5.91 Å². The summed E-state index contributed by atoms with van der Waals surface area (Å²) in [5.41, 5.74) is 0.836. The van der Waals surface area contributed by atoms with Crippen molar-refractivity contribution in [3.8, 4) is 16.3 Å². The molecule has 0 saturated carbocycles. The number of rotatable bonds is 5. The number of nitrogens with one attached hydrogen (secondary N) is 1. The first-order valence-electron chi connectivity index (χ1n) is 8.29. The Morgan fingerprint density at radius 1 is 1.32 bits per heavy atom. The van der Waals surface area contributed by atoms with Gasteiger partial charge in [-0.3, -0.25) is 9.59 Å². The minimum atomic E-state index is -4.75. The number of ether oxygens (including phenoxy) is 1. The van der Waals surface area contributed by atoms with Gasteiger partial charge in [-0.2, -0.15) is 0 Å². The largest absolute Gasteiger partial charge is 0.573 e. The van der Waals surface area contributed by atoms with E-state index in [4.69, 9.17) is 0 Å². The van der Waals surface area contributed by atoms with E-state index in [0.717, 1.165) is 0 Å². The molecule has 10 heteroatoms. The molecule has 1 aliphatic rings. The van der Waals surface area contributed by atoms with E-state index < -0.39 is 6.36 Å². The fraction of sp³-hybridized carbons (Fsp3) is 0.278. The first-order valence-corrected chi connectivity index (χ1v) is 9.17. The summed E-state index contributed by atoms with van der Waals surface area (Å²) in [5, 5.41) is 4.87. The Morgan fingerprint density at radius 2 is 2.04 bits per heavy atom. The molecule has 2 heterocycles. The Bertz CT molecular complexity index is 880. The average Bonchev–Trinajstić information content (AvgIpc) is 3.30. The summed E-state index contributed by atoms with van der Waals surface area (Å²) >= 11 is 1.22. The number of carbonyl (C=O) groups excluding carboxylic acids is 2. The lowest BCUT2D eigenvalue weighted by atomic mass is 10.2. The van der Waals surface area contributed by atoms with E-state index in [1.807, 2.05) is 0 Å². The van der Waals surface area contributed by atoms with Gasteiger partial charge in [0.25, 0.3) is 5.91 Å². The van der Waals surface area contributed by atoms with Gasteiger partial charge < -0.3 is 15.0 Å². The number of halogens is 3. The van der Waals surface area contributed by atoms with Gasteiger partial charge in [0.15, 0.2) is 0 Å². The summed E-state index contributed by atoms with van der Waals surface area (Å²) < 4.78 is 40.5. The number of amides is 2. The van der Waals surface area contributed by atoms with E-state index in [-0.39, 0.29) is 29.3 Å². The molecule has 28 heavy (non-hydrogen) atoms. The highest BCUT2D eigenvalue weighted by Crippen LogP contribution is 2.29. The molecule has 148 valence electrons. The van der Waals surface area contributed by atoms with Crippen LogP contribution in [0.1, 0.15) is 16.9 Å². The maximum atomic E-state index is 12.6. The molecule has 1 aromatic heterocycles. The molecule has 0 unspecified atom stereocenters. The summed E-state index contributed by atoms with van der Waals surface area (Å²) in [6.45, 7) is 4.27. The Morgan fingerprint density at radius 3 is 2.68 bits per heavy atom. The van der Waals surface area contributed by atoms with Crippen molar-refractivity contribution in [1.82, 2.24) is 15.2 Å². The van der Waals surface area contributed by atoms with E-state index in [9.17, 15) is 22.8 Å². The Kier molecular flexibility index (Phi) is 5.68. The standard InChI is InChI=1S/C18H16F3N3O3S/c1-2-15(25)22-12-7-8-24(9-12)17(26)14-10-28-16(23-14)11-3-5-13(6-4-11)27-18(19,20)21/h2-6,10,12H,1,7-9H2,(H,22,25)/t12-/m0/s1. The monoisotopic (exact) mass is 411 g/mol. The third kappa shape index (κ3) is 4.89. The number of thiazole rings is 1. The first-order chi connectivity index (χ1) is 13.2. The van der Waals surface area contributed by atoms with Gasteiger partial charge in [0.05, 0.1) is 0 Å². The van der Waals surface area contributed by atoms with E-state index in [2.05, 4.69) is 21.6 Å². The van der Waals surface area contributed by atoms with Crippen LogP contribution in [0.4, 0.5) is 13.2 Å². The van der Waals surface area contributed by atoms with Crippen molar-refractivity contribution in [1.29, 1.82) is 0 Å². The van der Waals surface area contributed by atoms with Gasteiger partial charge in [0.1, 0.15) is 16.5 Å². The summed E-state index contributed by atoms with van der Waals surface area (Å²) in [6.07, 6.45) is -2.92. The molecular formula is C18H16F3N3O3S. The Labute approximate surface area is 162 Å². The number of carbonyl (C=O) groups is 2. The van der Waals surface area contributed by atoms with Crippen molar-refractivity contribution in [3.05, 3.63) is 48.0 Å². The average molecular weight is 411 g/mol. The number of likely N-dealkylation sites (tertiary alicyclic amines) is 1. The normalized spacial score (nSPS) is 16.7. The lowest BCUT2D eigenvalue weighted by Crippen LogP contribution is -2.37. The quantitative estimate of drug-likeness (QED) is 0.767. The third-order valence-electron chi connectivity index (χ3n) is 4.07. The molecule has 0 radical (unpaired) electrons. The number of nitrogens with zero attached hydrogens (tertiary/aromatic N) is 2. The molecule has 0 bridgehead atoms. The third-order valence-corrected chi connectivity index (χ3v) is 4.96. The van der Waals surface area contributed by atoms with Crippen LogP contribution in [0.3, 0.4) is 0 Å². The van der Waals surface area contributed by atoms with Crippen LogP contribution in [0.15, 0.2) is 42.3 Å². The highest BCUT2D eigenvalue weighted by atomic mass is 32.1. The number of alkyl halides is 3. The summed E-state index contributed by atoms with van der Waals surface area (Å²) in [6, 6.07) is 5.15. The van der Waals surface area contributed by atoms with Crippen LogP contribution in [0.25, 0.3) is 10.6 Å². The van der Waals surface area contributed by atoms with Crippen molar-refractivity contribution in [2.24, 2.45) is 0 Å². The predicted molar refractivity (Wildman–Crippen MR) is 96.9 cm³/mol. The second-order valence-electron chi connectivity index (χ2n) is 6.06.